The van der Waals surface area contributed by atoms with E-state index in [1.165, 1.54) is 72.8 Å². The highest BCUT2D eigenvalue weighted by Crippen LogP contribution is 2.47. The van der Waals surface area contributed by atoms with Crippen LogP contribution in [0, 0.1) is 0 Å². The Bertz CT molecular complexity index is 1250. The zero-order valence-corrected chi connectivity index (χ0v) is 21.8. The first-order valence-electron chi connectivity index (χ1n) is 14.2. The maximum Gasteiger partial charge on any atom is 0.335 e. The number of aromatic carboxylic acids is 1. The summed E-state index contributed by atoms with van der Waals surface area (Å²) in [5.41, 5.74) is 6.87. The van der Waals surface area contributed by atoms with Gasteiger partial charge >= 0.3 is 5.97 Å². The minimum atomic E-state index is -0.854. The Balaban J connectivity index is 1.35. The highest BCUT2D eigenvalue weighted by Gasteiger charge is 2.30. The quantitative estimate of drug-likeness (QED) is 0.403. The summed E-state index contributed by atoms with van der Waals surface area (Å²) in [6.07, 6.45) is 8.69. The molecule has 1 N–H and O–H groups in total. The third-order valence-corrected chi connectivity index (χ3v) is 8.71. The summed E-state index contributed by atoms with van der Waals surface area (Å²) in [5.74, 6) is -0.316. The van der Waals surface area contributed by atoms with E-state index in [4.69, 9.17) is 4.74 Å². The number of hydrogen-bond acceptors (Lipinski definition) is 4. The monoisotopic (exact) mass is 501 g/mol. The fourth-order valence-electron chi connectivity index (χ4n) is 6.82. The number of para-hydroxylation sites is 1. The molecule has 1 saturated carbocycles. The van der Waals surface area contributed by atoms with Crippen molar-refractivity contribution >= 4 is 22.6 Å². The number of anilines is 1. The van der Waals surface area contributed by atoms with Crippen LogP contribution in [0.25, 0.3) is 22.2 Å². The van der Waals surface area contributed by atoms with E-state index in [0.29, 0.717) is 11.5 Å². The molecule has 196 valence electrons. The third-order valence-electron chi connectivity index (χ3n) is 8.71. The molecule has 6 nitrogen and oxygen atoms in total. The molecule has 2 aromatic carbocycles. The number of carboxylic acids is 1. The van der Waals surface area contributed by atoms with Crippen molar-refractivity contribution in [2.75, 3.05) is 50.8 Å². The molecule has 37 heavy (non-hydrogen) atoms. The maximum atomic E-state index is 11.9. The van der Waals surface area contributed by atoms with Gasteiger partial charge in [-0.15, -0.1) is 0 Å². The van der Waals surface area contributed by atoms with Crippen LogP contribution >= 0.6 is 0 Å². The predicted molar refractivity (Wildman–Crippen MR) is 149 cm³/mol. The Morgan fingerprint density at radius 3 is 2.51 bits per heavy atom. The van der Waals surface area contributed by atoms with Crippen LogP contribution in [0.15, 0.2) is 42.5 Å². The van der Waals surface area contributed by atoms with Gasteiger partial charge in [-0.05, 0) is 61.9 Å². The first-order chi connectivity index (χ1) is 18.2. The van der Waals surface area contributed by atoms with E-state index in [0.717, 1.165) is 58.0 Å². The SMILES string of the molecule is O=C(O)c1ccc2c(C3CCCCC3)c3n(c2c1)CCN(CCCCN1CCOCC1)c1ccccc1-3. The molecule has 0 unspecified atom stereocenters. The van der Waals surface area contributed by atoms with Gasteiger partial charge in [0.15, 0.2) is 0 Å². The van der Waals surface area contributed by atoms with Gasteiger partial charge in [0.25, 0.3) is 0 Å². The zero-order chi connectivity index (χ0) is 25.2. The molecule has 1 aromatic heterocycles. The lowest BCUT2D eigenvalue weighted by Crippen LogP contribution is -2.37. The lowest BCUT2D eigenvalue weighted by molar-refractivity contribution is 0.0372. The summed E-state index contributed by atoms with van der Waals surface area (Å²) < 4.78 is 7.94. The lowest BCUT2D eigenvalue weighted by atomic mass is 9.81. The van der Waals surface area contributed by atoms with Crippen molar-refractivity contribution in [3.05, 3.63) is 53.6 Å². The first kappa shape index (κ1) is 24.5. The van der Waals surface area contributed by atoms with Crippen molar-refractivity contribution in [2.45, 2.75) is 57.4 Å². The van der Waals surface area contributed by atoms with Crippen molar-refractivity contribution in [3.8, 4) is 11.3 Å². The molecule has 0 radical (unpaired) electrons. The minimum Gasteiger partial charge on any atom is -0.478 e. The van der Waals surface area contributed by atoms with Crippen molar-refractivity contribution in [3.63, 3.8) is 0 Å². The first-order valence-corrected chi connectivity index (χ1v) is 14.2. The van der Waals surface area contributed by atoms with E-state index in [2.05, 4.69) is 44.7 Å². The number of nitrogens with zero attached hydrogens (tertiary/aromatic N) is 3. The lowest BCUT2D eigenvalue weighted by Gasteiger charge is -2.28. The van der Waals surface area contributed by atoms with E-state index in [1.807, 2.05) is 6.07 Å². The normalized spacial score (nSPS) is 19.0. The molecule has 0 atom stereocenters. The Hall–Kier alpha value is -2.83. The van der Waals surface area contributed by atoms with Crippen molar-refractivity contribution in [1.29, 1.82) is 0 Å². The Morgan fingerprint density at radius 1 is 0.919 bits per heavy atom. The van der Waals surface area contributed by atoms with Crippen LogP contribution < -0.4 is 4.90 Å². The number of fused-ring (bicyclic) bond motifs is 5. The topological polar surface area (TPSA) is 57.9 Å². The molecular formula is C31H39N3O3. The molecule has 0 spiro atoms. The maximum absolute atomic E-state index is 11.9. The number of unbranched alkanes of at least 4 members (excludes halogenated alkanes) is 1. The highest BCUT2D eigenvalue weighted by molar-refractivity contribution is 5.99. The molecule has 2 aliphatic heterocycles. The predicted octanol–water partition coefficient (Wildman–Crippen LogP) is 5.99. The van der Waals surface area contributed by atoms with Gasteiger partial charge in [-0.1, -0.05) is 43.5 Å². The van der Waals surface area contributed by atoms with Crippen LogP contribution in [0.4, 0.5) is 5.69 Å². The van der Waals surface area contributed by atoms with Crippen LogP contribution in [-0.2, 0) is 11.3 Å². The van der Waals surface area contributed by atoms with Gasteiger partial charge in [-0.25, -0.2) is 4.79 Å². The molecule has 3 heterocycles. The number of aromatic nitrogens is 1. The van der Waals surface area contributed by atoms with Gasteiger partial charge in [0.2, 0.25) is 0 Å². The standard InChI is InChI=1S/C31H39N3O3/c35-31(36)24-12-13-25-28(22-24)34-17-16-33(15-7-6-14-32-18-20-37-21-19-32)27-11-5-4-10-26(27)30(34)29(25)23-8-2-1-3-9-23/h4-5,10-13,22-23H,1-3,6-9,14-21H2,(H,35,36). The number of carboxylic acid groups (broad SMARTS) is 1. The number of benzene rings is 2. The van der Waals surface area contributed by atoms with Crippen LogP contribution in [0.1, 0.15) is 66.8 Å². The van der Waals surface area contributed by atoms with Gasteiger partial charge < -0.3 is 19.3 Å². The summed E-state index contributed by atoms with van der Waals surface area (Å²) in [7, 11) is 0. The highest BCUT2D eigenvalue weighted by atomic mass is 16.5. The summed E-state index contributed by atoms with van der Waals surface area (Å²) in [5, 5.41) is 11.0. The summed E-state index contributed by atoms with van der Waals surface area (Å²) >= 11 is 0. The fraction of sp³-hybridized carbons (Fsp3) is 0.516. The van der Waals surface area contributed by atoms with Crippen LogP contribution in [0.5, 0.6) is 0 Å². The van der Waals surface area contributed by atoms with E-state index in [9.17, 15) is 9.90 Å². The summed E-state index contributed by atoms with van der Waals surface area (Å²) in [6.45, 7) is 7.83. The summed E-state index contributed by atoms with van der Waals surface area (Å²) in [4.78, 5) is 17.0. The fourth-order valence-corrected chi connectivity index (χ4v) is 6.82. The second-order valence-corrected chi connectivity index (χ2v) is 11.0. The average molecular weight is 502 g/mol. The van der Waals surface area contributed by atoms with E-state index in [-0.39, 0.29) is 0 Å². The molecule has 6 rings (SSSR count). The van der Waals surface area contributed by atoms with Gasteiger partial charge in [0, 0.05) is 54.9 Å². The number of rotatable bonds is 7. The zero-order valence-electron chi connectivity index (χ0n) is 21.8. The average Bonchev–Trinajstić information content (AvgIpc) is 3.17. The Kier molecular flexibility index (Phi) is 7.21. The van der Waals surface area contributed by atoms with Crippen LogP contribution in [0.3, 0.4) is 0 Å². The molecule has 6 heteroatoms. The second kappa shape index (κ2) is 10.9. The van der Waals surface area contributed by atoms with Crippen molar-refractivity contribution < 1.29 is 14.6 Å². The number of morpholine rings is 1. The van der Waals surface area contributed by atoms with Gasteiger partial charge in [0.05, 0.1) is 24.5 Å². The molecule has 0 bridgehead atoms. The van der Waals surface area contributed by atoms with Gasteiger partial charge in [-0.3, -0.25) is 4.90 Å². The number of ether oxygens (including phenoxy) is 1. The van der Waals surface area contributed by atoms with Gasteiger partial charge in [0.1, 0.15) is 0 Å². The molecule has 0 amide bonds. The minimum absolute atomic E-state index is 0.375. The molecule has 1 saturated heterocycles. The van der Waals surface area contributed by atoms with E-state index < -0.39 is 5.97 Å². The van der Waals surface area contributed by atoms with Crippen molar-refractivity contribution in [2.24, 2.45) is 0 Å². The third kappa shape index (κ3) is 4.89. The van der Waals surface area contributed by atoms with Crippen LogP contribution in [-0.4, -0.2) is 66.5 Å². The van der Waals surface area contributed by atoms with Crippen LogP contribution in [0.2, 0.25) is 0 Å². The molecule has 2 fully saturated rings. The summed E-state index contributed by atoms with van der Waals surface area (Å²) in [6, 6.07) is 14.7. The van der Waals surface area contributed by atoms with Crippen molar-refractivity contribution in [1.82, 2.24) is 9.47 Å². The van der Waals surface area contributed by atoms with E-state index >= 15 is 0 Å². The largest absolute Gasteiger partial charge is 0.478 e. The molecule has 3 aliphatic rings. The number of hydrogen-bond donors (Lipinski definition) is 1. The molecule has 3 aromatic rings. The van der Waals surface area contributed by atoms with Gasteiger partial charge in [-0.2, -0.15) is 0 Å². The second-order valence-electron chi connectivity index (χ2n) is 11.0. The molecular weight excluding hydrogens is 462 g/mol. The van der Waals surface area contributed by atoms with E-state index in [1.54, 1.807) is 6.07 Å². The Morgan fingerprint density at radius 2 is 1.70 bits per heavy atom. The number of carbonyl (C=O) groups is 1. The molecule has 1 aliphatic carbocycles. The smallest absolute Gasteiger partial charge is 0.335 e. The Labute approximate surface area is 219 Å².